The van der Waals surface area contributed by atoms with E-state index in [-0.39, 0.29) is 18.2 Å². The Morgan fingerprint density at radius 2 is 2.09 bits per heavy atom. The van der Waals surface area contributed by atoms with Crippen LogP contribution in [0.5, 0.6) is 0 Å². The zero-order valence-electron chi connectivity index (χ0n) is 13.7. The second-order valence-electron chi connectivity index (χ2n) is 7.33. The van der Waals surface area contributed by atoms with Crippen molar-refractivity contribution in [2.75, 3.05) is 11.9 Å². The van der Waals surface area contributed by atoms with Crippen LogP contribution in [-0.2, 0) is 9.47 Å². The lowest BCUT2D eigenvalue weighted by atomic mass is 10.1. The third-order valence-electron chi connectivity index (χ3n) is 5.40. The molecule has 1 saturated heterocycles. The van der Waals surface area contributed by atoms with Gasteiger partial charge in [-0.2, -0.15) is 0 Å². The minimum atomic E-state index is -0.486. The summed E-state index contributed by atoms with van der Waals surface area (Å²) in [5, 5.41) is 3.36. The summed E-state index contributed by atoms with van der Waals surface area (Å²) in [4.78, 5) is 9.22. The molecule has 2 aromatic heterocycles. The van der Waals surface area contributed by atoms with Crippen molar-refractivity contribution in [1.82, 2.24) is 14.5 Å². The second kappa shape index (κ2) is 4.45. The van der Waals surface area contributed by atoms with Crippen LogP contribution in [0, 0.1) is 11.8 Å². The minimum absolute atomic E-state index is 0.107. The van der Waals surface area contributed by atoms with Gasteiger partial charge in [0.15, 0.2) is 11.4 Å². The highest BCUT2D eigenvalue weighted by molar-refractivity contribution is 5.85. The van der Waals surface area contributed by atoms with Crippen LogP contribution in [0.2, 0.25) is 0 Å². The van der Waals surface area contributed by atoms with Crippen molar-refractivity contribution in [3.8, 4) is 0 Å². The molecule has 5 atom stereocenters. The fraction of sp³-hybridized carbons (Fsp3) is 0.647. The number of nitrogens with zero attached hydrogens (tertiary/aromatic N) is 3. The van der Waals surface area contributed by atoms with Crippen molar-refractivity contribution in [2.24, 2.45) is 11.8 Å². The lowest BCUT2D eigenvalue weighted by molar-refractivity contribution is -0.156. The Morgan fingerprint density at radius 3 is 2.91 bits per heavy atom. The van der Waals surface area contributed by atoms with E-state index in [0.29, 0.717) is 11.8 Å². The molecule has 0 radical (unpaired) electrons. The fourth-order valence-corrected chi connectivity index (χ4v) is 4.51. The average molecular weight is 314 g/mol. The Bertz CT molecular complexity index is 771. The molecular weight excluding hydrogens is 292 g/mol. The number of anilines is 1. The fourth-order valence-electron chi connectivity index (χ4n) is 4.51. The van der Waals surface area contributed by atoms with Gasteiger partial charge in [-0.1, -0.05) is 0 Å². The van der Waals surface area contributed by atoms with E-state index in [9.17, 15) is 0 Å². The summed E-state index contributed by atoms with van der Waals surface area (Å²) in [6.45, 7) is 6.97. The Kier molecular flexibility index (Phi) is 2.66. The molecule has 1 aliphatic heterocycles. The number of fused-ring (bicyclic) bond motifs is 4. The van der Waals surface area contributed by atoms with Gasteiger partial charge in [-0.25, -0.2) is 9.97 Å². The van der Waals surface area contributed by atoms with Gasteiger partial charge in [0.05, 0.1) is 24.2 Å². The van der Waals surface area contributed by atoms with Gasteiger partial charge in [0.25, 0.3) is 0 Å². The molecule has 0 aromatic carbocycles. The minimum Gasteiger partial charge on any atom is -0.383 e. The maximum Gasteiger partial charge on any atom is 0.163 e. The first kappa shape index (κ1) is 13.7. The molecule has 6 nitrogen and oxygen atoms in total. The number of pyridine rings is 1. The monoisotopic (exact) mass is 314 g/mol. The Morgan fingerprint density at radius 1 is 1.26 bits per heavy atom. The van der Waals surface area contributed by atoms with Crippen molar-refractivity contribution < 1.29 is 9.47 Å². The van der Waals surface area contributed by atoms with E-state index in [2.05, 4.69) is 26.8 Å². The van der Waals surface area contributed by atoms with Gasteiger partial charge in [-0.15, -0.1) is 0 Å². The number of imidazole rings is 1. The maximum absolute atomic E-state index is 6.22. The van der Waals surface area contributed by atoms with E-state index in [1.165, 1.54) is 6.42 Å². The molecule has 23 heavy (non-hydrogen) atoms. The smallest absolute Gasteiger partial charge is 0.163 e. The topological polar surface area (TPSA) is 61.2 Å². The van der Waals surface area contributed by atoms with E-state index in [1.807, 2.05) is 32.4 Å². The Hall–Kier alpha value is -1.66. The molecule has 3 aliphatic rings. The van der Waals surface area contributed by atoms with Gasteiger partial charge in [-0.05, 0) is 45.1 Å². The SMILES string of the molecule is CCNc1ccnc2c1ncn2[C@@H]1[C@H]2C[C@H]2[C@H]2OC(C)(C)O[C@H]21. The predicted molar refractivity (Wildman–Crippen MR) is 86.2 cm³/mol. The molecule has 3 fully saturated rings. The lowest BCUT2D eigenvalue weighted by Crippen LogP contribution is -2.29. The van der Waals surface area contributed by atoms with Gasteiger partial charge < -0.3 is 19.4 Å². The summed E-state index contributed by atoms with van der Waals surface area (Å²) in [5.74, 6) is 0.768. The molecule has 2 saturated carbocycles. The molecule has 0 bridgehead atoms. The largest absolute Gasteiger partial charge is 0.383 e. The van der Waals surface area contributed by atoms with Crippen LogP contribution in [0.25, 0.3) is 11.2 Å². The first-order valence-electron chi connectivity index (χ1n) is 8.50. The summed E-state index contributed by atoms with van der Waals surface area (Å²) < 4.78 is 14.6. The number of aromatic nitrogens is 3. The molecule has 0 amide bonds. The van der Waals surface area contributed by atoms with Crippen molar-refractivity contribution >= 4 is 16.9 Å². The van der Waals surface area contributed by atoms with Gasteiger partial charge in [0.2, 0.25) is 0 Å². The van der Waals surface area contributed by atoms with E-state index in [1.54, 1.807) is 0 Å². The zero-order chi connectivity index (χ0) is 15.8. The predicted octanol–water partition coefficient (Wildman–Crippen LogP) is 2.57. The maximum atomic E-state index is 6.22. The average Bonchev–Trinajstić information content (AvgIpc) is 2.91. The molecule has 0 spiro atoms. The van der Waals surface area contributed by atoms with Crippen LogP contribution in [-0.4, -0.2) is 39.1 Å². The molecule has 3 heterocycles. The van der Waals surface area contributed by atoms with E-state index >= 15 is 0 Å². The van der Waals surface area contributed by atoms with Gasteiger partial charge in [0, 0.05) is 12.7 Å². The van der Waals surface area contributed by atoms with Crippen LogP contribution in [0.4, 0.5) is 5.69 Å². The summed E-state index contributed by atoms with van der Waals surface area (Å²) >= 11 is 0. The number of hydrogen-bond donors (Lipinski definition) is 1. The van der Waals surface area contributed by atoms with Crippen molar-refractivity contribution in [3.05, 3.63) is 18.6 Å². The highest BCUT2D eigenvalue weighted by Crippen LogP contribution is 2.63. The van der Waals surface area contributed by atoms with Crippen LogP contribution in [0.3, 0.4) is 0 Å². The van der Waals surface area contributed by atoms with Crippen LogP contribution in [0.1, 0.15) is 33.2 Å². The number of rotatable bonds is 3. The summed E-state index contributed by atoms with van der Waals surface area (Å²) in [5.41, 5.74) is 2.92. The van der Waals surface area contributed by atoms with Crippen LogP contribution >= 0.6 is 0 Å². The summed E-state index contributed by atoms with van der Waals surface area (Å²) in [6.07, 6.45) is 5.32. The first-order chi connectivity index (χ1) is 11.1. The molecule has 6 heteroatoms. The van der Waals surface area contributed by atoms with Gasteiger partial charge >= 0.3 is 0 Å². The highest BCUT2D eigenvalue weighted by Gasteiger charge is 2.66. The standard InChI is InChI=1S/C17H22N4O2/c1-4-18-11-5-6-19-16-12(11)20-8-21(16)13-9-7-10(9)14-15(13)23-17(2,3)22-14/h5-6,8-10,13-15H,4,7H2,1-3H3,(H,18,19)/t9-,10+,13+,14+,15-/m0/s1. The number of ether oxygens (including phenoxy) is 2. The second-order valence-corrected chi connectivity index (χ2v) is 7.33. The summed E-state index contributed by atoms with van der Waals surface area (Å²) in [7, 11) is 0. The van der Waals surface area contributed by atoms with Crippen LogP contribution in [0.15, 0.2) is 18.6 Å². The zero-order valence-corrected chi connectivity index (χ0v) is 13.7. The van der Waals surface area contributed by atoms with E-state index in [0.717, 1.165) is 23.4 Å². The Balaban J connectivity index is 1.58. The molecule has 2 aromatic rings. The third-order valence-corrected chi connectivity index (χ3v) is 5.40. The molecule has 2 aliphatic carbocycles. The number of hydrogen-bond acceptors (Lipinski definition) is 5. The Labute approximate surface area is 135 Å². The first-order valence-corrected chi connectivity index (χ1v) is 8.50. The molecule has 122 valence electrons. The molecule has 5 rings (SSSR count). The lowest BCUT2D eigenvalue weighted by Gasteiger charge is -2.24. The van der Waals surface area contributed by atoms with Gasteiger partial charge in [0.1, 0.15) is 11.6 Å². The quantitative estimate of drug-likeness (QED) is 0.943. The van der Waals surface area contributed by atoms with Crippen LogP contribution < -0.4 is 5.32 Å². The summed E-state index contributed by atoms with van der Waals surface area (Å²) in [6, 6.07) is 2.26. The van der Waals surface area contributed by atoms with Crippen molar-refractivity contribution in [3.63, 3.8) is 0 Å². The molecule has 0 unspecified atom stereocenters. The van der Waals surface area contributed by atoms with Gasteiger partial charge in [-0.3, -0.25) is 0 Å². The third kappa shape index (κ3) is 1.88. The van der Waals surface area contributed by atoms with Crippen molar-refractivity contribution in [1.29, 1.82) is 0 Å². The molecular formula is C17H22N4O2. The van der Waals surface area contributed by atoms with Crippen molar-refractivity contribution in [2.45, 2.75) is 51.2 Å². The van der Waals surface area contributed by atoms with E-state index in [4.69, 9.17) is 9.47 Å². The number of nitrogens with one attached hydrogen (secondary N) is 1. The normalized spacial score (nSPS) is 36.9. The molecule has 1 N–H and O–H groups in total. The van der Waals surface area contributed by atoms with E-state index < -0.39 is 5.79 Å². The highest BCUT2D eigenvalue weighted by atomic mass is 16.8.